The van der Waals surface area contributed by atoms with Crippen molar-refractivity contribution in [1.82, 2.24) is 9.88 Å². The van der Waals surface area contributed by atoms with E-state index >= 15 is 0 Å². The van der Waals surface area contributed by atoms with Gasteiger partial charge in [-0.15, -0.1) is 0 Å². The fraction of sp³-hybridized carbons (Fsp3) is 0.323. The zero-order valence-electron chi connectivity index (χ0n) is 21.9. The minimum Gasteiger partial charge on any atom is -0.507 e. The first kappa shape index (κ1) is 26.9. The lowest BCUT2D eigenvalue weighted by Crippen LogP contribution is -2.29. The van der Waals surface area contributed by atoms with Crippen molar-refractivity contribution >= 4 is 17.4 Å². The van der Waals surface area contributed by atoms with Crippen LogP contribution in [0.25, 0.3) is 5.76 Å². The number of pyridine rings is 1. The Bertz CT molecular complexity index is 1270. The van der Waals surface area contributed by atoms with Crippen LogP contribution in [0.4, 0.5) is 0 Å². The summed E-state index contributed by atoms with van der Waals surface area (Å²) in [7, 11) is 0. The molecule has 38 heavy (non-hydrogen) atoms. The average molecular weight is 515 g/mol. The first-order chi connectivity index (χ1) is 18.5. The number of aliphatic hydroxyl groups excluding tert-OH is 1. The molecule has 1 N–H and O–H groups in total. The molecule has 198 valence electrons. The molecule has 0 spiro atoms. The zero-order chi connectivity index (χ0) is 26.9. The van der Waals surface area contributed by atoms with Crippen LogP contribution in [-0.4, -0.2) is 39.9 Å². The molecular weight excluding hydrogens is 480 g/mol. The van der Waals surface area contributed by atoms with Crippen LogP contribution >= 0.6 is 0 Å². The molecule has 0 bridgehead atoms. The molecule has 7 nitrogen and oxygen atoms in total. The van der Waals surface area contributed by atoms with Gasteiger partial charge in [-0.3, -0.25) is 14.6 Å². The number of hydrogen-bond acceptors (Lipinski definition) is 6. The van der Waals surface area contributed by atoms with Crippen LogP contribution in [0, 0.1) is 0 Å². The van der Waals surface area contributed by atoms with Crippen molar-refractivity contribution in [3.63, 3.8) is 0 Å². The summed E-state index contributed by atoms with van der Waals surface area (Å²) in [5.41, 5.74) is 2.01. The highest BCUT2D eigenvalue weighted by Crippen LogP contribution is 2.41. The van der Waals surface area contributed by atoms with Crippen molar-refractivity contribution in [2.45, 2.75) is 52.1 Å². The molecule has 1 fully saturated rings. The third-order valence-electron chi connectivity index (χ3n) is 6.43. The number of likely N-dealkylation sites (tertiary alicyclic amines) is 1. The maximum Gasteiger partial charge on any atom is 0.295 e. The van der Waals surface area contributed by atoms with Gasteiger partial charge in [0.05, 0.1) is 24.8 Å². The maximum atomic E-state index is 13.4. The second kappa shape index (κ2) is 12.9. The highest BCUT2D eigenvalue weighted by atomic mass is 16.5. The number of carbonyl (C=O) groups is 2. The summed E-state index contributed by atoms with van der Waals surface area (Å²) in [5, 5.41) is 11.4. The summed E-state index contributed by atoms with van der Waals surface area (Å²) in [5.74, 6) is -0.272. The summed E-state index contributed by atoms with van der Waals surface area (Å²) in [6.07, 6.45) is 7.29. The van der Waals surface area contributed by atoms with Crippen LogP contribution in [-0.2, 0) is 16.1 Å². The Kier molecular flexibility index (Phi) is 9.14. The SMILES string of the molecule is CCCCCOc1cccc(C2C(=C(O)c3ccc(OCCC)cc3)C(=O)C(=O)N2Cc2ccncc2)c1. The van der Waals surface area contributed by atoms with Crippen molar-refractivity contribution in [2.75, 3.05) is 13.2 Å². The normalized spacial score (nSPS) is 16.6. The Labute approximate surface area is 223 Å². The van der Waals surface area contributed by atoms with Crippen molar-refractivity contribution in [3.05, 3.63) is 95.3 Å². The van der Waals surface area contributed by atoms with Gasteiger partial charge < -0.3 is 19.5 Å². The van der Waals surface area contributed by atoms with Gasteiger partial charge in [-0.2, -0.15) is 0 Å². The highest BCUT2D eigenvalue weighted by molar-refractivity contribution is 6.46. The first-order valence-corrected chi connectivity index (χ1v) is 13.2. The quantitative estimate of drug-likeness (QED) is 0.137. The molecule has 1 saturated heterocycles. The lowest BCUT2D eigenvalue weighted by Gasteiger charge is -2.26. The molecule has 1 amide bonds. The minimum absolute atomic E-state index is 0.0504. The van der Waals surface area contributed by atoms with Gasteiger partial charge in [0.15, 0.2) is 0 Å². The number of rotatable bonds is 12. The monoisotopic (exact) mass is 514 g/mol. The predicted octanol–water partition coefficient (Wildman–Crippen LogP) is 6.06. The Hall–Kier alpha value is -4.13. The van der Waals surface area contributed by atoms with E-state index in [-0.39, 0.29) is 17.9 Å². The fourth-order valence-electron chi connectivity index (χ4n) is 4.48. The van der Waals surface area contributed by atoms with E-state index in [0.29, 0.717) is 35.8 Å². The number of hydrogen-bond donors (Lipinski definition) is 1. The average Bonchev–Trinajstić information content (AvgIpc) is 3.20. The van der Waals surface area contributed by atoms with E-state index in [2.05, 4.69) is 11.9 Å². The number of aliphatic hydroxyl groups is 1. The molecule has 1 atom stereocenters. The molecule has 1 unspecified atom stereocenters. The third kappa shape index (κ3) is 6.22. The molecule has 1 aromatic heterocycles. The van der Waals surface area contributed by atoms with E-state index in [4.69, 9.17) is 9.47 Å². The number of aromatic nitrogens is 1. The van der Waals surface area contributed by atoms with E-state index in [1.807, 2.05) is 31.2 Å². The topological polar surface area (TPSA) is 89.0 Å². The summed E-state index contributed by atoms with van der Waals surface area (Å²) in [4.78, 5) is 32.2. The number of benzene rings is 2. The molecule has 3 aromatic rings. The van der Waals surface area contributed by atoms with Gasteiger partial charge in [-0.1, -0.05) is 38.8 Å². The van der Waals surface area contributed by atoms with E-state index in [9.17, 15) is 14.7 Å². The number of amides is 1. The molecule has 0 aliphatic carbocycles. The van der Waals surface area contributed by atoms with Gasteiger partial charge >= 0.3 is 0 Å². The maximum absolute atomic E-state index is 13.4. The summed E-state index contributed by atoms with van der Waals surface area (Å²) >= 11 is 0. The molecule has 0 radical (unpaired) electrons. The Morgan fingerprint density at radius 3 is 2.34 bits per heavy atom. The molecule has 7 heteroatoms. The van der Waals surface area contributed by atoms with Gasteiger partial charge in [0.25, 0.3) is 11.7 Å². The Morgan fingerprint density at radius 2 is 1.63 bits per heavy atom. The molecule has 1 aliphatic heterocycles. The second-order valence-electron chi connectivity index (χ2n) is 9.28. The Balaban J connectivity index is 1.73. The van der Waals surface area contributed by atoms with Gasteiger partial charge in [-0.25, -0.2) is 0 Å². The summed E-state index contributed by atoms with van der Waals surface area (Å²) < 4.78 is 11.6. The number of ketones is 1. The smallest absolute Gasteiger partial charge is 0.295 e. The number of ether oxygens (including phenoxy) is 2. The van der Waals surface area contributed by atoms with Crippen molar-refractivity contribution in [3.8, 4) is 11.5 Å². The van der Waals surface area contributed by atoms with E-state index < -0.39 is 17.7 Å². The van der Waals surface area contributed by atoms with Crippen LogP contribution < -0.4 is 9.47 Å². The number of unbranched alkanes of at least 4 members (excludes halogenated alkanes) is 2. The van der Waals surface area contributed by atoms with E-state index in [1.54, 1.807) is 48.8 Å². The first-order valence-electron chi connectivity index (χ1n) is 13.2. The molecule has 1 aliphatic rings. The lowest BCUT2D eigenvalue weighted by molar-refractivity contribution is -0.140. The molecule has 4 rings (SSSR count). The van der Waals surface area contributed by atoms with Gasteiger partial charge in [0, 0.05) is 24.5 Å². The molecule has 0 saturated carbocycles. The van der Waals surface area contributed by atoms with Crippen molar-refractivity contribution < 1.29 is 24.2 Å². The Morgan fingerprint density at radius 1 is 0.895 bits per heavy atom. The summed E-state index contributed by atoms with van der Waals surface area (Å²) in [6.45, 7) is 5.53. The summed E-state index contributed by atoms with van der Waals surface area (Å²) in [6, 6.07) is 17.1. The molecular formula is C31H34N2O5. The largest absolute Gasteiger partial charge is 0.507 e. The van der Waals surface area contributed by atoms with Crippen molar-refractivity contribution in [1.29, 1.82) is 0 Å². The van der Waals surface area contributed by atoms with Crippen LogP contribution in [0.5, 0.6) is 11.5 Å². The number of Topliss-reactive ketones (excluding diaryl/α,β-unsaturated/α-hetero) is 1. The zero-order valence-corrected chi connectivity index (χ0v) is 21.9. The van der Waals surface area contributed by atoms with Gasteiger partial charge in [0.1, 0.15) is 17.3 Å². The van der Waals surface area contributed by atoms with E-state index in [0.717, 1.165) is 31.2 Å². The molecule has 2 aromatic carbocycles. The standard InChI is InChI=1S/C31H34N2O5/c1-3-5-6-19-38-26-9-7-8-24(20-26)28-27(29(34)23-10-12-25(13-11-23)37-18-4-2)30(35)31(36)33(28)21-22-14-16-32-17-15-22/h7-17,20,28,34H,3-6,18-19,21H2,1-2H3. The third-order valence-corrected chi connectivity index (χ3v) is 6.43. The van der Waals surface area contributed by atoms with Crippen LogP contribution in [0.3, 0.4) is 0 Å². The van der Waals surface area contributed by atoms with Crippen LogP contribution in [0.15, 0.2) is 78.6 Å². The number of nitrogens with zero attached hydrogens (tertiary/aromatic N) is 2. The van der Waals surface area contributed by atoms with Crippen LogP contribution in [0.1, 0.15) is 62.3 Å². The van der Waals surface area contributed by atoms with Crippen molar-refractivity contribution in [2.24, 2.45) is 0 Å². The predicted molar refractivity (Wildman–Crippen MR) is 146 cm³/mol. The lowest BCUT2D eigenvalue weighted by atomic mass is 9.95. The molecule has 2 heterocycles. The minimum atomic E-state index is -0.779. The van der Waals surface area contributed by atoms with Gasteiger partial charge in [0.2, 0.25) is 0 Å². The fourth-order valence-corrected chi connectivity index (χ4v) is 4.48. The van der Waals surface area contributed by atoms with Crippen LogP contribution in [0.2, 0.25) is 0 Å². The van der Waals surface area contributed by atoms with Gasteiger partial charge in [-0.05, 0) is 72.5 Å². The highest BCUT2D eigenvalue weighted by Gasteiger charge is 2.46. The second-order valence-corrected chi connectivity index (χ2v) is 9.28. The van der Waals surface area contributed by atoms with E-state index in [1.165, 1.54) is 4.90 Å². The number of carbonyl (C=O) groups excluding carboxylic acids is 2.